The molecule has 2 aromatic rings. The van der Waals surface area contributed by atoms with E-state index in [1.807, 2.05) is 25.1 Å². The second-order valence-electron chi connectivity index (χ2n) is 3.75. The minimum absolute atomic E-state index is 0.0845. The molecule has 5 nitrogen and oxygen atoms in total. The first-order valence-corrected chi connectivity index (χ1v) is 6.03. The van der Waals surface area contributed by atoms with Crippen LogP contribution in [0.25, 0.3) is 0 Å². The largest absolute Gasteiger partial charge is 0.476 e. The predicted octanol–water partition coefficient (Wildman–Crippen LogP) is 3.06. The van der Waals surface area contributed by atoms with Gasteiger partial charge in [0.2, 0.25) is 5.89 Å². The molecule has 0 radical (unpaired) electrons. The highest BCUT2D eigenvalue weighted by Gasteiger charge is 2.09. The van der Waals surface area contributed by atoms with Gasteiger partial charge in [0, 0.05) is 10.2 Å². The number of anilines is 1. The number of halogens is 1. The number of aromatic nitrogens is 1. The molecule has 0 atom stereocenters. The van der Waals surface area contributed by atoms with Crippen molar-refractivity contribution in [3.63, 3.8) is 0 Å². The molecule has 0 aliphatic carbocycles. The lowest BCUT2D eigenvalue weighted by molar-refractivity contribution is 0.0690. The fourth-order valence-electron chi connectivity index (χ4n) is 1.42. The molecule has 2 rings (SSSR count). The van der Waals surface area contributed by atoms with E-state index in [9.17, 15) is 4.79 Å². The van der Waals surface area contributed by atoms with Gasteiger partial charge in [-0.05, 0) is 30.7 Å². The van der Waals surface area contributed by atoms with Gasteiger partial charge in [0.15, 0.2) is 5.69 Å². The molecule has 94 valence electrons. The van der Waals surface area contributed by atoms with Gasteiger partial charge in [-0.25, -0.2) is 9.78 Å². The zero-order valence-corrected chi connectivity index (χ0v) is 11.2. The van der Waals surface area contributed by atoms with Crippen LogP contribution in [0.4, 0.5) is 5.69 Å². The Labute approximate surface area is 112 Å². The zero-order chi connectivity index (χ0) is 13.1. The van der Waals surface area contributed by atoms with Gasteiger partial charge in [0.05, 0.1) is 6.54 Å². The normalized spacial score (nSPS) is 10.3. The van der Waals surface area contributed by atoms with Crippen molar-refractivity contribution < 1.29 is 14.3 Å². The molecule has 0 aliphatic heterocycles. The monoisotopic (exact) mass is 310 g/mol. The molecule has 1 heterocycles. The number of hydrogen-bond acceptors (Lipinski definition) is 4. The predicted molar refractivity (Wildman–Crippen MR) is 69.7 cm³/mol. The summed E-state index contributed by atoms with van der Waals surface area (Å²) in [4.78, 5) is 14.4. The maximum Gasteiger partial charge on any atom is 0.357 e. The quantitative estimate of drug-likeness (QED) is 0.907. The fraction of sp³-hybridized carbons (Fsp3) is 0.167. The van der Waals surface area contributed by atoms with Crippen molar-refractivity contribution >= 4 is 27.6 Å². The van der Waals surface area contributed by atoms with Gasteiger partial charge in [-0.15, -0.1) is 0 Å². The Hall–Kier alpha value is -1.82. The molecule has 0 unspecified atom stereocenters. The molecule has 0 fully saturated rings. The molecule has 6 heteroatoms. The molecule has 0 bridgehead atoms. The highest BCUT2D eigenvalue weighted by atomic mass is 79.9. The lowest BCUT2D eigenvalue weighted by atomic mass is 10.2. The second kappa shape index (κ2) is 5.22. The number of oxazole rings is 1. The van der Waals surface area contributed by atoms with Crippen LogP contribution in [-0.4, -0.2) is 16.1 Å². The van der Waals surface area contributed by atoms with E-state index < -0.39 is 5.97 Å². The third-order valence-corrected chi connectivity index (χ3v) is 3.26. The van der Waals surface area contributed by atoms with E-state index in [0.29, 0.717) is 12.4 Å². The van der Waals surface area contributed by atoms with Crippen molar-refractivity contribution in [1.29, 1.82) is 0 Å². The van der Waals surface area contributed by atoms with Gasteiger partial charge in [0.1, 0.15) is 6.26 Å². The van der Waals surface area contributed by atoms with Gasteiger partial charge < -0.3 is 14.8 Å². The number of hydrogen-bond donors (Lipinski definition) is 2. The zero-order valence-electron chi connectivity index (χ0n) is 9.61. The summed E-state index contributed by atoms with van der Waals surface area (Å²) in [5, 5.41) is 11.8. The van der Waals surface area contributed by atoms with Crippen molar-refractivity contribution in [1.82, 2.24) is 4.98 Å². The standard InChI is InChI=1S/C12H11BrN2O3/c1-7-4-8(2-3-9(7)13)14-5-11-15-10(6-18-11)12(16)17/h2-4,6,14H,5H2,1H3,(H,16,17). The SMILES string of the molecule is Cc1cc(NCc2nc(C(=O)O)co2)ccc1Br. The summed E-state index contributed by atoms with van der Waals surface area (Å²) < 4.78 is 6.08. The summed E-state index contributed by atoms with van der Waals surface area (Å²) in [6.07, 6.45) is 1.13. The number of aromatic carboxylic acids is 1. The number of carboxylic acid groups (broad SMARTS) is 1. The molecule has 1 aromatic heterocycles. The summed E-state index contributed by atoms with van der Waals surface area (Å²) in [5.74, 6) is -0.752. The third-order valence-electron chi connectivity index (χ3n) is 2.37. The molecular formula is C12H11BrN2O3. The average Bonchev–Trinajstić information content (AvgIpc) is 2.79. The van der Waals surface area contributed by atoms with Gasteiger partial charge >= 0.3 is 5.97 Å². The van der Waals surface area contributed by atoms with Crippen molar-refractivity contribution in [3.8, 4) is 0 Å². The molecule has 18 heavy (non-hydrogen) atoms. The first kappa shape index (κ1) is 12.6. The van der Waals surface area contributed by atoms with Gasteiger partial charge in [-0.2, -0.15) is 0 Å². The first-order chi connectivity index (χ1) is 8.56. The topological polar surface area (TPSA) is 75.4 Å². The van der Waals surface area contributed by atoms with Crippen LogP contribution in [0.1, 0.15) is 21.9 Å². The van der Waals surface area contributed by atoms with Crippen LogP contribution in [0.15, 0.2) is 33.4 Å². The number of nitrogens with one attached hydrogen (secondary N) is 1. The lowest BCUT2D eigenvalue weighted by Crippen LogP contribution is -2.01. The van der Waals surface area contributed by atoms with E-state index >= 15 is 0 Å². The lowest BCUT2D eigenvalue weighted by Gasteiger charge is -2.05. The van der Waals surface area contributed by atoms with Crippen molar-refractivity contribution in [2.75, 3.05) is 5.32 Å². The molecule has 0 saturated heterocycles. The molecule has 2 N–H and O–H groups in total. The van der Waals surface area contributed by atoms with Crippen LogP contribution in [-0.2, 0) is 6.54 Å². The van der Waals surface area contributed by atoms with Crippen molar-refractivity contribution in [2.24, 2.45) is 0 Å². The Morgan fingerprint density at radius 2 is 2.33 bits per heavy atom. The number of carboxylic acids is 1. The Morgan fingerprint density at radius 1 is 1.56 bits per heavy atom. The van der Waals surface area contributed by atoms with Crippen molar-refractivity contribution in [3.05, 3.63) is 46.1 Å². The van der Waals surface area contributed by atoms with Gasteiger partial charge in [-0.3, -0.25) is 0 Å². The summed E-state index contributed by atoms with van der Waals surface area (Å²) in [6, 6.07) is 5.83. The Morgan fingerprint density at radius 3 is 2.94 bits per heavy atom. The van der Waals surface area contributed by atoms with E-state index in [-0.39, 0.29) is 5.69 Å². The molecule has 0 saturated carbocycles. The summed E-state index contributed by atoms with van der Waals surface area (Å²) in [5.41, 5.74) is 1.95. The molecule has 0 spiro atoms. The maximum absolute atomic E-state index is 10.6. The third kappa shape index (κ3) is 2.89. The van der Waals surface area contributed by atoms with E-state index in [2.05, 4.69) is 26.2 Å². The minimum Gasteiger partial charge on any atom is -0.476 e. The van der Waals surface area contributed by atoms with Crippen molar-refractivity contribution in [2.45, 2.75) is 13.5 Å². The summed E-state index contributed by atoms with van der Waals surface area (Å²) in [7, 11) is 0. The molecule has 1 aromatic carbocycles. The van der Waals surface area contributed by atoms with Crippen LogP contribution < -0.4 is 5.32 Å². The first-order valence-electron chi connectivity index (χ1n) is 5.24. The maximum atomic E-state index is 10.6. The average molecular weight is 311 g/mol. The van der Waals surface area contributed by atoms with E-state index in [0.717, 1.165) is 22.0 Å². The smallest absolute Gasteiger partial charge is 0.357 e. The van der Waals surface area contributed by atoms with Crippen LogP contribution in [0, 0.1) is 6.92 Å². The van der Waals surface area contributed by atoms with E-state index in [1.165, 1.54) is 0 Å². The number of aryl methyl sites for hydroxylation is 1. The van der Waals surface area contributed by atoms with Gasteiger partial charge in [-0.1, -0.05) is 15.9 Å². The Balaban J connectivity index is 2.02. The highest BCUT2D eigenvalue weighted by molar-refractivity contribution is 9.10. The minimum atomic E-state index is -1.09. The summed E-state index contributed by atoms with van der Waals surface area (Å²) in [6.45, 7) is 2.33. The Kier molecular flexibility index (Phi) is 3.66. The molecule has 0 aliphatic rings. The van der Waals surface area contributed by atoms with Crippen LogP contribution in [0.2, 0.25) is 0 Å². The van der Waals surface area contributed by atoms with Crippen LogP contribution >= 0.6 is 15.9 Å². The number of carbonyl (C=O) groups is 1. The van der Waals surface area contributed by atoms with Gasteiger partial charge in [0.25, 0.3) is 0 Å². The summed E-state index contributed by atoms with van der Waals surface area (Å²) >= 11 is 3.42. The fourth-order valence-corrected chi connectivity index (χ4v) is 1.67. The number of nitrogens with zero attached hydrogens (tertiary/aromatic N) is 1. The molecular weight excluding hydrogens is 300 g/mol. The van der Waals surface area contributed by atoms with E-state index in [1.54, 1.807) is 0 Å². The highest BCUT2D eigenvalue weighted by Crippen LogP contribution is 2.20. The number of rotatable bonds is 4. The second-order valence-corrected chi connectivity index (χ2v) is 4.60. The molecule has 0 amide bonds. The van der Waals surface area contributed by atoms with Crippen LogP contribution in [0.5, 0.6) is 0 Å². The van der Waals surface area contributed by atoms with Crippen LogP contribution in [0.3, 0.4) is 0 Å². The Bertz CT molecular complexity index is 580. The number of benzene rings is 1. The van der Waals surface area contributed by atoms with E-state index in [4.69, 9.17) is 9.52 Å².